The average molecular weight is 232 g/mol. The first kappa shape index (κ1) is 9.78. The number of nitrogens with one attached hydrogen (secondary N) is 1. The fraction of sp³-hybridized carbons (Fsp3) is 0.333. The summed E-state index contributed by atoms with van der Waals surface area (Å²) in [4.78, 5) is 14.3. The molecule has 1 atom stereocenters. The third-order valence-electron chi connectivity index (χ3n) is 3.25. The zero-order valence-electron chi connectivity index (χ0n) is 8.77. The average Bonchev–Trinajstić information content (AvgIpc) is 2.74. The molecule has 4 heteroatoms. The number of anilines is 1. The molecule has 16 heavy (non-hydrogen) atoms. The Labute approximate surface area is 99.4 Å². The molecular formula is C12H12N2OS. The molecule has 2 aliphatic heterocycles. The maximum atomic E-state index is 12.3. The van der Waals surface area contributed by atoms with E-state index in [0.29, 0.717) is 5.11 Å². The molecule has 0 amide bonds. The van der Waals surface area contributed by atoms with Gasteiger partial charge in [0.15, 0.2) is 10.9 Å². The summed E-state index contributed by atoms with van der Waals surface area (Å²) >= 11 is 5.32. The Balaban J connectivity index is 2.11. The van der Waals surface area contributed by atoms with Crippen molar-refractivity contribution in [2.45, 2.75) is 18.9 Å². The van der Waals surface area contributed by atoms with Crippen LogP contribution in [0.25, 0.3) is 0 Å². The first-order valence-corrected chi connectivity index (χ1v) is 5.89. The highest BCUT2D eigenvalue weighted by molar-refractivity contribution is 7.80. The fourth-order valence-corrected chi connectivity index (χ4v) is 2.78. The molecule has 82 valence electrons. The van der Waals surface area contributed by atoms with Crippen LogP contribution in [0.2, 0.25) is 0 Å². The molecule has 0 aliphatic carbocycles. The van der Waals surface area contributed by atoms with Gasteiger partial charge in [-0.15, -0.1) is 0 Å². The van der Waals surface area contributed by atoms with Crippen molar-refractivity contribution >= 4 is 28.8 Å². The van der Waals surface area contributed by atoms with Crippen LogP contribution in [-0.4, -0.2) is 28.4 Å². The summed E-state index contributed by atoms with van der Waals surface area (Å²) in [6, 6.07) is 7.53. The Hall–Kier alpha value is -1.42. The number of carbonyl (C=O) groups excluding carboxylic acids is 1. The Morgan fingerprint density at radius 2 is 2.19 bits per heavy atom. The van der Waals surface area contributed by atoms with E-state index in [2.05, 4.69) is 5.32 Å². The quantitative estimate of drug-likeness (QED) is 0.694. The van der Waals surface area contributed by atoms with Gasteiger partial charge in [0, 0.05) is 12.1 Å². The van der Waals surface area contributed by atoms with Gasteiger partial charge in [0.2, 0.25) is 0 Å². The molecular weight excluding hydrogens is 220 g/mol. The number of carbonyl (C=O) groups is 1. The van der Waals surface area contributed by atoms with Crippen molar-refractivity contribution in [3.63, 3.8) is 0 Å². The topological polar surface area (TPSA) is 32.3 Å². The Morgan fingerprint density at radius 1 is 1.38 bits per heavy atom. The lowest BCUT2D eigenvalue weighted by Crippen LogP contribution is -2.40. The van der Waals surface area contributed by atoms with Crippen molar-refractivity contribution < 1.29 is 4.79 Å². The van der Waals surface area contributed by atoms with Crippen LogP contribution in [0.3, 0.4) is 0 Å². The molecule has 1 aromatic rings. The zero-order valence-corrected chi connectivity index (χ0v) is 9.59. The highest BCUT2D eigenvalue weighted by Gasteiger charge is 2.36. The van der Waals surface area contributed by atoms with Gasteiger partial charge >= 0.3 is 0 Å². The van der Waals surface area contributed by atoms with Crippen molar-refractivity contribution in [3.05, 3.63) is 29.8 Å². The Bertz CT molecular complexity index is 472. The van der Waals surface area contributed by atoms with Gasteiger partial charge < -0.3 is 10.2 Å². The van der Waals surface area contributed by atoms with E-state index in [1.54, 1.807) is 0 Å². The molecule has 2 aliphatic rings. The molecule has 0 saturated carbocycles. The minimum Gasteiger partial charge on any atom is -0.339 e. The number of benzene rings is 1. The van der Waals surface area contributed by atoms with Crippen LogP contribution in [0.1, 0.15) is 23.2 Å². The van der Waals surface area contributed by atoms with Crippen LogP contribution in [0, 0.1) is 0 Å². The van der Waals surface area contributed by atoms with Gasteiger partial charge in [0.05, 0.1) is 11.7 Å². The highest BCUT2D eigenvalue weighted by Crippen LogP contribution is 2.29. The Morgan fingerprint density at radius 3 is 3.06 bits per heavy atom. The summed E-state index contributed by atoms with van der Waals surface area (Å²) in [7, 11) is 0. The summed E-state index contributed by atoms with van der Waals surface area (Å²) in [5.74, 6) is 0.195. The van der Waals surface area contributed by atoms with E-state index >= 15 is 0 Å². The van der Waals surface area contributed by atoms with Gasteiger partial charge in [0.25, 0.3) is 0 Å². The van der Waals surface area contributed by atoms with Crippen molar-refractivity contribution in [2.75, 3.05) is 11.9 Å². The standard InChI is InChI=1S/C12H12N2OS/c15-11-8-4-1-2-5-9(8)13-12(16)14-7-3-6-10(11)14/h1-2,4-5,10H,3,6-7H2,(H,13,16). The van der Waals surface area contributed by atoms with Crippen molar-refractivity contribution in [1.82, 2.24) is 4.90 Å². The predicted molar refractivity (Wildman–Crippen MR) is 66.7 cm³/mol. The van der Waals surface area contributed by atoms with Gasteiger partial charge in [0.1, 0.15) is 0 Å². The molecule has 3 nitrogen and oxygen atoms in total. The second-order valence-electron chi connectivity index (χ2n) is 4.19. The maximum absolute atomic E-state index is 12.3. The van der Waals surface area contributed by atoms with Gasteiger partial charge in [-0.1, -0.05) is 12.1 Å². The number of hydrogen-bond acceptors (Lipinski definition) is 2. The smallest absolute Gasteiger partial charge is 0.187 e. The van der Waals surface area contributed by atoms with Gasteiger partial charge in [-0.3, -0.25) is 4.79 Å². The third-order valence-corrected chi connectivity index (χ3v) is 3.59. The number of Topliss-reactive ketones (excluding diaryl/α,β-unsaturated/α-hetero) is 1. The first-order chi connectivity index (χ1) is 7.77. The fourth-order valence-electron chi connectivity index (χ4n) is 2.46. The number of hydrogen-bond donors (Lipinski definition) is 1. The second kappa shape index (κ2) is 3.56. The molecule has 3 rings (SSSR count). The molecule has 1 aromatic carbocycles. The summed E-state index contributed by atoms with van der Waals surface area (Å²) in [6.07, 6.45) is 1.95. The van der Waals surface area contributed by atoms with E-state index in [9.17, 15) is 4.79 Å². The van der Waals surface area contributed by atoms with Crippen LogP contribution in [-0.2, 0) is 0 Å². The monoisotopic (exact) mass is 232 g/mol. The maximum Gasteiger partial charge on any atom is 0.187 e. The molecule has 1 N–H and O–H groups in total. The molecule has 0 radical (unpaired) electrons. The summed E-state index contributed by atoms with van der Waals surface area (Å²) < 4.78 is 0. The van der Waals surface area contributed by atoms with E-state index in [0.717, 1.165) is 30.6 Å². The number of ketones is 1. The second-order valence-corrected chi connectivity index (χ2v) is 4.58. The molecule has 0 bridgehead atoms. The SMILES string of the molecule is O=C1c2ccccc2NC(=S)N2CCCC12. The molecule has 2 heterocycles. The van der Waals surface area contributed by atoms with E-state index in [1.807, 2.05) is 29.2 Å². The van der Waals surface area contributed by atoms with E-state index in [1.165, 1.54) is 0 Å². The van der Waals surface area contributed by atoms with Gasteiger partial charge in [-0.2, -0.15) is 0 Å². The zero-order chi connectivity index (χ0) is 11.1. The number of rotatable bonds is 0. The molecule has 1 saturated heterocycles. The number of para-hydroxylation sites is 1. The Kier molecular flexibility index (Phi) is 2.17. The van der Waals surface area contributed by atoms with E-state index in [4.69, 9.17) is 12.2 Å². The lowest BCUT2D eigenvalue weighted by molar-refractivity contribution is 0.0918. The minimum atomic E-state index is -0.0522. The molecule has 0 spiro atoms. The van der Waals surface area contributed by atoms with Gasteiger partial charge in [-0.25, -0.2) is 0 Å². The normalized spacial score (nSPS) is 23.5. The number of nitrogens with zero attached hydrogens (tertiary/aromatic N) is 1. The minimum absolute atomic E-state index is 0.0522. The third kappa shape index (κ3) is 1.33. The highest BCUT2D eigenvalue weighted by atomic mass is 32.1. The lowest BCUT2D eigenvalue weighted by atomic mass is 10.0. The lowest BCUT2D eigenvalue weighted by Gasteiger charge is -2.22. The number of thiocarbonyl (C=S) groups is 1. The summed E-state index contributed by atoms with van der Waals surface area (Å²) in [5, 5.41) is 3.84. The largest absolute Gasteiger partial charge is 0.339 e. The van der Waals surface area contributed by atoms with Crippen LogP contribution in [0.5, 0.6) is 0 Å². The molecule has 0 aromatic heterocycles. The first-order valence-electron chi connectivity index (χ1n) is 5.48. The molecule has 1 unspecified atom stereocenters. The summed E-state index contributed by atoms with van der Waals surface area (Å²) in [5.41, 5.74) is 1.60. The van der Waals surface area contributed by atoms with E-state index in [-0.39, 0.29) is 11.8 Å². The summed E-state index contributed by atoms with van der Waals surface area (Å²) in [6.45, 7) is 0.885. The van der Waals surface area contributed by atoms with Crippen molar-refractivity contribution in [2.24, 2.45) is 0 Å². The van der Waals surface area contributed by atoms with Crippen LogP contribution in [0.15, 0.2) is 24.3 Å². The van der Waals surface area contributed by atoms with Crippen molar-refractivity contribution in [1.29, 1.82) is 0 Å². The van der Waals surface area contributed by atoms with Gasteiger partial charge in [-0.05, 0) is 37.2 Å². The van der Waals surface area contributed by atoms with Crippen LogP contribution < -0.4 is 5.32 Å². The van der Waals surface area contributed by atoms with Crippen LogP contribution in [0.4, 0.5) is 5.69 Å². The predicted octanol–water partition coefficient (Wildman–Crippen LogP) is 2.04. The molecule has 1 fully saturated rings. The van der Waals surface area contributed by atoms with E-state index < -0.39 is 0 Å². The number of fused-ring (bicyclic) bond motifs is 2. The van der Waals surface area contributed by atoms with Crippen LogP contribution >= 0.6 is 12.2 Å². The van der Waals surface area contributed by atoms with Crippen molar-refractivity contribution in [3.8, 4) is 0 Å².